The molecule has 0 atom stereocenters. The van der Waals surface area contributed by atoms with E-state index in [1.54, 1.807) is 6.92 Å². The standard InChI is InChI=1S/C29H41F2N3O3/c1-20-7-11-33(12-8-20)27(35)23-5-3-22(4-6-23)17-34-19-29(37-28(34)36)9-13-32(14-10-29)18-24-25(30)15-21(2)16-26(24)31/h15-16,20,22-23H,3-14,17-19H2,1-2H3. The Morgan fingerprint density at radius 1 is 1.00 bits per heavy atom. The highest BCUT2D eigenvalue weighted by molar-refractivity contribution is 5.79. The van der Waals surface area contributed by atoms with Gasteiger partial charge in [-0.2, -0.15) is 0 Å². The fourth-order valence-corrected chi connectivity index (χ4v) is 6.71. The molecule has 0 N–H and O–H groups in total. The third-order valence-corrected chi connectivity index (χ3v) is 9.25. The number of hydrogen-bond donors (Lipinski definition) is 0. The molecule has 2 amide bonds. The lowest BCUT2D eigenvalue weighted by atomic mass is 9.80. The van der Waals surface area contributed by atoms with Crippen molar-refractivity contribution in [3.05, 3.63) is 34.9 Å². The van der Waals surface area contributed by atoms with Gasteiger partial charge in [-0.05, 0) is 75.0 Å². The molecule has 3 aliphatic heterocycles. The van der Waals surface area contributed by atoms with Crippen LogP contribution in [0, 0.1) is 36.3 Å². The van der Waals surface area contributed by atoms with Crippen LogP contribution in [0.4, 0.5) is 13.6 Å². The number of nitrogens with zero attached hydrogens (tertiary/aromatic N) is 3. The third kappa shape index (κ3) is 5.94. The monoisotopic (exact) mass is 517 g/mol. The Hall–Kier alpha value is -2.22. The number of carbonyl (C=O) groups is 2. The lowest BCUT2D eigenvalue weighted by molar-refractivity contribution is -0.138. The summed E-state index contributed by atoms with van der Waals surface area (Å²) in [5.74, 6) is 0.586. The van der Waals surface area contributed by atoms with Crippen LogP contribution in [-0.2, 0) is 16.1 Å². The Labute approximate surface area is 219 Å². The average Bonchev–Trinajstić information content (AvgIpc) is 3.17. The van der Waals surface area contributed by atoms with Gasteiger partial charge in [-0.25, -0.2) is 13.6 Å². The minimum atomic E-state index is -0.503. The first-order valence-corrected chi connectivity index (χ1v) is 14.1. The van der Waals surface area contributed by atoms with Crippen LogP contribution in [0.25, 0.3) is 0 Å². The molecule has 0 unspecified atom stereocenters. The zero-order valence-electron chi connectivity index (χ0n) is 22.3. The normalized spacial score (nSPS) is 27.1. The van der Waals surface area contributed by atoms with Gasteiger partial charge in [0.1, 0.15) is 17.2 Å². The van der Waals surface area contributed by atoms with Crippen molar-refractivity contribution in [3.63, 3.8) is 0 Å². The van der Waals surface area contributed by atoms with E-state index in [4.69, 9.17) is 4.74 Å². The lowest BCUT2D eigenvalue weighted by Crippen LogP contribution is -2.47. The SMILES string of the molecule is Cc1cc(F)c(CN2CCC3(CC2)CN(CC2CCC(C(=O)N4CCC(C)CC4)CC2)C(=O)O3)c(F)c1. The molecule has 0 bridgehead atoms. The highest BCUT2D eigenvalue weighted by Crippen LogP contribution is 2.37. The highest BCUT2D eigenvalue weighted by Gasteiger charge is 2.47. The lowest BCUT2D eigenvalue weighted by Gasteiger charge is -2.38. The number of likely N-dealkylation sites (tertiary alicyclic amines) is 2. The largest absolute Gasteiger partial charge is 0.441 e. The molecule has 37 heavy (non-hydrogen) atoms. The van der Waals surface area contributed by atoms with Crippen LogP contribution in [0.2, 0.25) is 0 Å². The maximum absolute atomic E-state index is 14.3. The quantitative estimate of drug-likeness (QED) is 0.544. The Morgan fingerprint density at radius 3 is 2.24 bits per heavy atom. The molecule has 4 fully saturated rings. The maximum atomic E-state index is 14.3. The van der Waals surface area contributed by atoms with Crippen molar-refractivity contribution in [2.75, 3.05) is 39.3 Å². The van der Waals surface area contributed by atoms with Crippen molar-refractivity contribution in [2.45, 2.75) is 77.4 Å². The van der Waals surface area contributed by atoms with Gasteiger partial charge in [-0.3, -0.25) is 9.69 Å². The summed E-state index contributed by atoms with van der Waals surface area (Å²) < 4.78 is 34.5. The van der Waals surface area contributed by atoms with Crippen LogP contribution >= 0.6 is 0 Å². The minimum absolute atomic E-state index is 0.107. The Balaban J connectivity index is 1.08. The number of benzene rings is 1. The van der Waals surface area contributed by atoms with E-state index < -0.39 is 17.2 Å². The second kappa shape index (κ2) is 10.9. The number of halogens is 2. The molecule has 6 nitrogen and oxygen atoms in total. The van der Waals surface area contributed by atoms with Gasteiger partial charge in [0.15, 0.2) is 0 Å². The van der Waals surface area contributed by atoms with E-state index in [2.05, 4.69) is 11.8 Å². The highest BCUT2D eigenvalue weighted by atomic mass is 19.1. The van der Waals surface area contributed by atoms with E-state index in [-0.39, 0.29) is 24.1 Å². The summed E-state index contributed by atoms with van der Waals surface area (Å²) in [5.41, 5.74) is 0.179. The first kappa shape index (κ1) is 26.4. The van der Waals surface area contributed by atoms with Crippen molar-refractivity contribution in [2.24, 2.45) is 17.8 Å². The van der Waals surface area contributed by atoms with Crippen LogP contribution in [0.3, 0.4) is 0 Å². The molecular weight excluding hydrogens is 476 g/mol. The summed E-state index contributed by atoms with van der Waals surface area (Å²) in [6.07, 6.45) is 7.06. The molecule has 0 aromatic heterocycles. The first-order chi connectivity index (χ1) is 17.7. The van der Waals surface area contributed by atoms with Crippen molar-refractivity contribution >= 4 is 12.0 Å². The van der Waals surface area contributed by atoms with Gasteiger partial charge >= 0.3 is 6.09 Å². The summed E-state index contributed by atoms with van der Waals surface area (Å²) in [6, 6.07) is 2.75. The van der Waals surface area contributed by atoms with Gasteiger partial charge in [0.2, 0.25) is 5.91 Å². The van der Waals surface area contributed by atoms with E-state index in [0.29, 0.717) is 56.4 Å². The van der Waals surface area contributed by atoms with Gasteiger partial charge in [-0.15, -0.1) is 0 Å². The fourth-order valence-electron chi connectivity index (χ4n) is 6.71. The first-order valence-electron chi connectivity index (χ1n) is 14.1. The number of carbonyl (C=O) groups excluding carboxylic acids is 2. The average molecular weight is 518 g/mol. The van der Waals surface area contributed by atoms with Crippen LogP contribution in [0.15, 0.2) is 12.1 Å². The van der Waals surface area contributed by atoms with Gasteiger partial charge in [0, 0.05) is 63.6 Å². The minimum Gasteiger partial charge on any atom is -0.441 e. The molecule has 3 saturated heterocycles. The van der Waals surface area contributed by atoms with Crippen LogP contribution < -0.4 is 0 Å². The number of ether oxygens (including phenoxy) is 1. The summed E-state index contributed by atoms with van der Waals surface area (Å²) in [6.45, 7) is 8.50. The topological polar surface area (TPSA) is 53.1 Å². The molecular formula is C29H41F2N3O3. The molecule has 3 heterocycles. The Bertz CT molecular complexity index is 971. The Kier molecular flexibility index (Phi) is 7.75. The van der Waals surface area contributed by atoms with Crippen LogP contribution in [0.5, 0.6) is 0 Å². The smallest absolute Gasteiger partial charge is 0.410 e. The summed E-state index contributed by atoms with van der Waals surface area (Å²) in [7, 11) is 0. The molecule has 204 valence electrons. The van der Waals surface area contributed by atoms with Crippen molar-refractivity contribution in [1.82, 2.24) is 14.7 Å². The molecule has 1 aromatic carbocycles. The molecule has 1 spiro atoms. The van der Waals surface area contributed by atoms with E-state index in [1.165, 1.54) is 12.1 Å². The predicted octanol–water partition coefficient (Wildman–Crippen LogP) is 5.12. The van der Waals surface area contributed by atoms with Crippen LogP contribution in [-0.4, -0.2) is 71.6 Å². The number of hydrogen-bond acceptors (Lipinski definition) is 4. The summed E-state index contributed by atoms with van der Waals surface area (Å²) in [4.78, 5) is 31.7. The van der Waals surface area contributed by atoms with Gasteiger partial charge in [0.25, 0.3) is 0 Å². The summed E-state index contributed by atoms with van der Waals surface area (Å²) in [5, 5.41) is 0. The maximum Gasteiger partial charge on any atom is 0.410 e. The van der Waals surface area contributed by atoms with Crippen molar-refractivity contribution < 1.29 is 23.1 Å². The van der Waals surface area contributed by atoms with Gasteiger partial charge in [0.05, 0.1) is 6.54 Å². The second-order valence-corrected chi connectivity index (χ2v) is 12.1. The number of aryl methyl sites for hydroxylation is 1. The van der Waals surface area contributed by atoms with E-state index in [1.807, 2.05) is 9.80 Å². The zero-order chi connectivity index (χ0) is 26.2. The second-order valence-electron chi connectivity index (χ2n) is 12.1. The van der Waals surface area contributed by atoms with E-state index in [9.17, 15) is 18.4 Å². The summed E-state index contributed by atoms with van der Waals surface area (Å²) >= 11 is 0. The molecule has 4 aliphatic rings. The number of piperidine rings is 2. The molecule has 1 aromatic rings. The fraction of sp³-hybridized carbons (Fsp3) is 0.724. The van der Waals surface area contributed by atoms with Crippen molar-refractivity contribution in [3.8, 4) is 0 Å². The zero-order valence-corrected chi connectivity index (χ0v) is 22.3. The van der Waals surface area contributed by atoms with Gasteiger partial charge in [-0.1, -0.05) is 6.92 Å². The number of amides is 2. The van der Waals surface area contributed by atoms with Gasteiger partial charge < -0.3 is 14.5 Å². The number of rotatable bonds is 5. The van der Waals surface area contributed by atoms with E-state index >= 15 is 0 Å². The Morgan fingerprint density at radius 2 is 1.62 bits per heavy atom. The predicted molar refractivity (Wildman–Crippen MR) is 137 cm³/mol. The molecule has 5 rings (SSSR count). The molecule has 1 aliphatic carbocycles. The van der Waals surface area contributed by atoms with Crippen molar-refractivity contribution in [1.29, 1.82) is 0 Å². The third-order valence-electron chi connectivity index (χ3n) is 9.25. The van der Waals surface area contributed by atoms with E-state index in [0.717, 1.165) is 57.5 Å². The molecule has 8 heteroatoms. The van der Waals surface area contributed by atoms with Crippen LogP contribution in [0.1, 0.15) is 69.4 Å². The molecule has 0 radical (unpaired) electrons. The molecule has 1 saturated carbocycles.